The lowest BCUT2D eigenvalue weighted by Gasteiger charge is -2.13. The van der Waals surface area contributed by atoms with E-state index in [9.17, 15) is 4.79 Å². The number of rotatable bonds is 8. The average Bonchev–Trinajstić information content (AvgIpc) is 3.03. The molecule has 1 fully saturated rings. The van der Waals surface area contributed by atoms with Crippen molar-refractivity contribution in [3.8, 4) is 11.5 Å². The van der Waals surface area contributed by atoms with Gasteiger partial charge in [0, 0.05) is 5.69 Å². The fourth-order valence-electron chi connectivity index (χ4n) is 2.86. The lowest BCUT2D eigenvalue weighted by Crippen LogP contribution is -2.30. The van der Waals surface area contributed by atoms with Gasteiger partial charge in [0.1, 0.15) is 0 Å². The highest BCUT2D eigenvalue weighted by atomic mass is 32.2. The first-order chi connectivity index (χ1) is 13.6. The van der Waals surface area contributed by atoms with E-state index in [1.54, 1.807) is 0 Å². The molecule has 2 N–H and O–H groups in total. The van der Waals surface area contributed by atoms with Gasteiger partial charge in [-0.2, -0.15) is 0 Å². The number of ether oxygens (including phenoxy) is 2. The van der Waals surface area contributed by atoms with E-state index in [-0.39, 0.29) is 11.4 Å². The number of carbonyl (C=O) groups excluding carboxylic acids is 1. The molecule has 6 heteroatoms. The third-order valence-corrected chi connectivity index (χ3v) is 5.28. The minimum absolute atomic E-state index is 0.0838. The molecule has 1 amide bonds. The van der Waals surface area contributed by atoms with Gasteiger partial charge in [-0.25, -0.2) is 0 Å². The normalized spacial score (nSPS) is 17.5. The van der Waals surface area contributed by atoms with Crippen LogP contribution >= 0.6 is 11.8 Å². The molecule has 1 aliphatic heterocycles. The smallest absolute Gasteiger partial charge is 0.260 e. The van der Waals surface area contributed by atoms with E-state index in [0.29, 0.717) is 29.6 Å². The standard InChI is InChI=1S/C22H26N2O3S/c1-4-15-7-10-17(11-8-15)23-22-24-21(25)20(28-22)14-16-9-12-18(26-5-2)19(13-16)27-6-3/h7-14,22-23H,4-6H2,1-3H3,(H,24,25)/b20-14-/t22-/m0/s1. The third kappa shape index (κ3) is 5.01. The van der Waals surface area contributed by atoms with Crippen LogP contribution in [0.2, 0.25) is 0 Å². The zero-order valence-electron chi connectivity index (χ0n) is 16.5. The Kier molecular flexibility index (Phi) is 6.87. The first-order valence-electron chi connectivity index (χ1n) is 9.57. The van der Waals surface area contributed by atoms with Crippen LogP contribution in [0.1, 0.15) is 31.9 Å². The van der Waals surface area contributed by atoms with Crippen molar-refractivity contribution in [3.63, 3.8) is 0 Å². The fraction of sp³-hybridized carbons (Fsp3) is 0.318. The van der Waals surface area contributed by atoms with Crippen LogP contribution in [0.25, 0.3) is 6.08 Å². The Morgan fingerprint density at radius 1 is 1.04 bits per heavy atom. The van der Waals surface area contributed by atoms with Gasteiger partial charge in [0.15, 0.2) is 17.0 Å². The SMILES string of the molecule is CCOc1ccc(/C=C2\S[C@@H](Nc3ccc(CC)cc3)NC2=O)cc1OCC. The monoisotopic (exact) mass is 398 g/mol. The van der Waals surface area contributed by atoms with Crippen LogP contribution in [-0.2, 0) is 11.2 Å². The second kappa shape index (κ2) is 9.55. The number of amides is 1. The van der Waals surface area contributed by atoms with Gasteiger partial charge in [0.05, 0.1) is 18.1 Å². The Balaban J connectivity index is 1.71. The highest BCUT2D eigenvalue weighted by Gasteiger charge is 2.27. The number of benzene rings is 2. The number of anilines is 1. The van der Waals surface area contributed by atoms with Gasteiger partial charge in [0.2, 0.25) is 0 Å². The Morgan fingerprint density at radius 3 is 2.43 bits per heavy atom. The van der Waals surface area contributed by atoms with Gasteiger partial charge < -0.3 is 20.1 Å². The zero-order chi connectivity index (χ0) is 19.9. The summed E-state index contributed by atoms with van der Waals surface area (Å²) in [5, 5.41) is 6.30. The average molecular weight is 399 g/mol. The summed E-state index contributed by atoms with van der Waals surface area (Å²) in [5.74, 6) is 1.32. The van der Waals surface area contributed by atoms with E-state index in [2.05, 4.69) is 29.7 Å². The lowest BCUT2D eigenvalue weighted by molar-refractivity contribution is -0.116. The largest absolute Gasteiger partial charge is 0.490 e. The molecule has 1 atom stereocenters. The molecular weight excluding hydrogens is 372 g/mol. The van der Waals surface area contributed by atoms with Crippen molar-refractivity contribution >= 4 is 29.4 Å². The molecule has 148 valence electrons. The molecular formula is C22H26N2O3S. The van der Waals surface area contributed by atoms with Crippen LogP contribution in [0.3, 0.4) is 0 Å². The first-order valence-corrected chi connectivity index (χ1v) is 10.4. The number of thioether (sulfide) groups is 1. The van der Waals surface area contributed by atoms with Crippen LogP contribution < -0.4 is 20.1 Å². The molecule has 28 heavy (non-hydrogen) atoms. The first kappa shape index (κ1) is 20.1. The van der Waals surface area contributed by atoms with Crippen LogP contribution in [-0.4, -0.2) is 24.6 Å². The number of hydrogen-bond acceptors (Lipinski definition) is 5. The summed E-state index contributed by atoms with van der Waals surface area (Å²) in [5.41, 5.74) is 2.98. The van der Waals surface area contributed by atoms with Gasteiger partial charge in [-0.05, 0) is 61.7 Å². The topological polar surface area (TPSA) is 59.6 Å². The summed E-state index contributed by atoms with van der Waals surface area (Å²) in [6.07, 6.45) is 2.88. The van der Waals surface area contributed by atoms with Crippen LogP contribution in [0.5, 0.6) is 11.5 Å². The number of nitrogens with one attached hydrogen (secondary N) is 2. The quantitative estimate of drug-likeness (QED) is 0.634. The molecule has 5 nitrogen and oxygen atoms in total. The molecule has 0 spiro atoms. The molecule has 1 aliphatic rings. The van der Waals surface area contributed by atoms with E-state index in [4.69, 9.17) is 9.47 Å². The predicted molar refractivity (Wildman–Crippen MR) is 116 cm³/mol. The maximum atomic E-state index is 12.4. The Labute approximate surface area is 170 Å². The summed E-state index contributed by atoms with van der Waals surface area (Å²) in [6.45, 7) is 7.13. The highest BCUT2D eigenvalue weighted by molar-refractivity contribution is 8.05. The van der Waals surface area contributed by atoms with Gasteiger partial charge in [0.25, 0.3) is 5.91 Å². The van der Waals surface area contributed by atoms with Crippen molar-refractivity contribution in [2.45, 2.75) is 32.7 Å². The number of hydrogen-bond donors (Lipinski definition) is 2. The number of aryl methyl sites for hydroxylation is 1. The van der Waals surface area contributed by atoms with Gasteiger partial charge in [-0.15, -0.1) is 0 Å². The Bertz CT molecular complexity index is 849. The van der Waals surface area contributed by atoms with Crippen LogP contribution in [0.15, 0.2) is 47.4 Å². The molecule has 0 unspecified atom stereocenters. The summed E-state index contributed by atoms with van der Waals surface area (Å²) < 4.78 is 11.3. The van der Waals surface area contributed by atoms with Gasteiger partial charge in [-0.3, -0.25) is 4.79 Å². The molecule has 1 heterocycles. The lowest BCUT2D eigenvalue weighted by atomic mass is 10.1. The summed E-state index contributed by atoms with van der Waals surface area (Å²) >= 11 is 1.47. The molecule has 0 radical (unpaired) electrons. The Hall–Kier alpha value is -2.60. The van der Waals surface area contributed by atoms with E-state index in [1.165, 1.54) is 17.3 Å². The van der Waals surface area contributed by atoms with E-state index < -0.39 is 0 Å². The summed E-state index contributed by atoms with van der Waals surface area (Å²) in [6, 6.07) is 14.0. The molecule has 2 aromatic carbocycles. The second-order valence-corrected chi connectivity index (χ2v) is 7.39. The van der Waals surface area contributed by atoms with E-state index in [1.807, 2.05) is 50.3 Å². The highest BCUT2D eigenvalue weighted by Crippen LogP contribution is 2.33. The van der Waals surface area contributed by atoms with E-state index >= 15 is 0 Å². The maximum Gasteiger partial charge on any atom is 0.260 e. The number of carbonyl (C=O) groups is 1. The van der Waals surface area contributed by atoms with Crippen LogP contribution in [0.4, 0.5) is 5.69 Å². The molecule has 0 saturated carbocycles. The maximum absolute atomic E-state index is 12.4. The Morgan fingerprint density at radius 2 is 1.75 bits per heavy atom. The predicted octanol–water partition coefficient (Wildman–Crippen LogP) is 4.65. The third-order valence-electron chi connectivity index (χ3n) is 4.26. The van der Waals surface area contributed by atoms with Crippen molar-refractivity contribution in [2.24, 2.45) is 0 Å². The van der Waals surface area contributed by atoms with Crippen molar-refractivity contribution in [2.75, 3.05) is 18.5 Å². The van der Waals surface area contributed by atoms with E-state index in [0.717, 1.165) is 17.7 Å². The van der Waals surface area contributed by atoms with Crippen molar-refractivity contribution < 1.29 is 14.3 Å². The molecule has 0 bridgehead atoms. The zero-order valence-corrected chi connectivity index (χ0v) is 17.3. The molecule has 2 aromatic rings. The fourth-order valence-corrected chi connectivity index (χ4v) is 3.85. The van der Waals surface area contributed by atoms with Gasteiger partial charge >= 0.3 is 0 Å². The molecule has 0 aromatic heterocycles. The minimum atomic E-state index is -0.194. The summed E-state index contributed by atoms with van der Waals surface area (Å²) in [7, 11) is 0. The minimum Gasteiger partial charge on any atom is -0.490 e. The van der Waals surface area contributed by atoms with Crippen molar-refractivity contribution in [1.82, 2.24) is 5.32 Å². The molecule has 0 aliphatic carbocycles. The molecule has 1 saturated heterocycles. The van der Waals surface area contributed by atoms with Crippen molar-refractivity contribution in [3.05, 3.63) is 58.5 Å². The second-order valence-electron chi connectivity index (χ2n) is 6.25. The van der Waals surface area contributed by atoms with Crippen LogP contribution in [0, 0.1) is 0 Å². The van der Waals surface area contributed by atoms with Gasteiger partial charge in [-0.1, -0.05) is 36.9 Å². The van der Waals surface area contributed by atoms with Crippen molar-refractivity contribution in [1.29, 1.82) is 0 Å². The molecule has 3 rings (SSSR count). The summed E-state index contributed by atoms with van der Waals surface area (Å²) in [4.78, 5) is 13.0.